The lowest BCUT2D eigenvalue weighted by molar-refractivity contribution is -0.0460. The molecule has 7 nitrogen and oxygen atoms in total. The Morgan fingerprint density at radius 3 is 2.43 bits per heavy atom. The predicted octanol–water partition coefficient (Wildman–Crippen LogP) is 1.26. The molecule has 1 aliphatic heterocycles. The van der Waals surface area contributed by atoms with Gasteiger partial charge in [-0.05, 0) is 29.4 Å². The highest BCUT2D eigenvalue weighted by Crippen LogP contribution is 2.27. The third-order valence-electron chi connectivity index (χ3n) is 5.24. The summed E-state index contributed by atoms with van der Waals surface area (Å²) in [5.74, 6) is 0. The van der Waals surface area contributed by atoms with E-state index in [0.717, 1.165) is 5.56 Å². The Morgan fingerprint density at radius 2 is 1.86 bits per heavy atom. The van der Waals surface area contributed by atoms with Crippen molar-refractivity contribution in [2.24, 2.45) is 0 Å². The Hall–Kier alpha value is -2.22. The molecule has 3 rings (SSSR count). The summed E-state index contributed by atoms with van der Waals surface area (Å²) in [6.45, 7) is 6.16. The minimum absolute atomic E-state index is 0.0868. The number of aliphatic hydroxyl groups excluding tert-OH is 2. The van der Waals surface area contributed by atoms with Crippen molar-refractivity contribution in [3.8, 4) is 0 Å². The zero-order chi connectivity index (χ0) is 20.5. The number of hydrogen-bond donors (Lipinski definition) is 3. The summed E-state index contributed by atoms with van der Waals surface area (Å²) in [4.78, 5) is 26.7. The number of nitrogens with one attached hydrogen (secondary N) is 1. The topological polar surface area (TPSA) is 105 Å². The SMILES string of the molecule is CC(C)(C)c1ccc(CCc2cn([C@H]3C[C@H](O)[C@@H](CO)O3)c(=O)[nH]c2=O)cc1. The fourth-order valence-corrected chi connectivity index (χ4v) is 3.42. The van der Waals surface area contributed by atoms with Gasteiger partial charge in [0, 0.05) is 18.2 Å². The van der Waals surface area contributed by atoms with Crippen LogP contribution in [0.4, 0.5) is 0 Å². The molecule has 0 aliphatic carbocycles. The van der Waals surface area contributed by atoms with E-state index in [0.29, 0.717) is 18.4 Å². The van der Waals surface area contributed by atoms with E-state index >= 15 is 0 Å². The maximum Gasteiger partial charge on any atom is 0.330 e. The molecule has 1 aromatic heterocycles. The van der Waals surface area contributed by atoms with Gasteiger partial charge in [-0.1, -0.05) is 45.0 Å². The molecule has 152 valence electrons. The quantitative estimate of drug-likeness (QED) is 0.715. The molecule has 2 heterocycles. The lowest BCUT2D eigenvalue weighted by Crippen LogP contribution is -2.34. The summed E-state index contributed by atoms with van der Waals surface area (Å²) in [7, 11) is 0. The van der Waals surface area contributed by atoms with Crippen LogP contribution in [-0.4, -0.2) is 38.6 Å². The van der Waals surface area contributed by atoms with Crippen LogP contribution in [0.15, 0.2) is 40.1 Å². The van der Waals surface area contributed by atoms with Crippen molar-refractivity contribution < 1.29 is 14.9 Å². The van der Waals surface area contributed by atoms with Gasteiger partial charge in [0.05, 0.1) is 12.7 Å². The van der Waals surface area contributed by atoms with Crippen LogP contribution in [0.2, 0.25) is 0 Å². The van der Waals surface area contributed by atoms with E-state index in [1.54, 1.807) is 0 Å². The Kier molecular flexibility index (Phi) is 5.88. The maximum absolute atomic E-state index is 12.2. The minimum Gasteiger partial charge on any atom is -0.394 e. The normalized spacial score (nSPS) is 22.5. The van der Waals surface area contributed by atoms with Crippen molar-refractivity contribution in [1.29, 1.82) is 0 Å². The van der Waals surface area contributed by atoms with Gasteiger partial charge < -0.3 is 14.9 Å². The number of H-pyrrole nitrogens is 1. The summed E-state index contributed by atoms with van der Waals surface area (Å²) >= 11 is 0. The minimum atomic E-state index is -0.849. The smallest absolute Gasteiger partial charge is 0.330 e. The molecule has 0 radical (unpaired) electrons. The summed E-state index contributed by atoms with van der Waals surface area (Å²) in [6.07, 6.45) is 0.545. The fraction of sp³-hybridized carbons (Fsp3) is 0.524. The predicted molar refractivity (Wildman–Crippen MR) is 105 cm³/mol. The second-order valence-electron chi connectivity index (χ2n) is 8.38. The molecule has 3 atom stereocenters. The fourth-order valence-electron chi connectivity index (χ4n) is 3.42. The van der Waals surface area contributed by atoms with Gasteiger partial charge in [0.15, 0.2) is 0 Å². The van der Waals surface area contributed by atoms with Crippen LogP contribution in [0, 0.1) is 0 Å². The Morgan fingerprint density at radius 1 is 1.18 bits per heavy atom. The summed E-state index contributed by atoms with van der Waals surface area (Å²) in [5, 5.41) is 19.1. The number of aryl methyl sites for hydroxylation is 2. The highest BCUT2D eigenvalue weighted by Gasteiger charge is 2.35. The molecule has 1 aromatic carbocycles. The highest BCUT2D eigenvalue weighted by molar-refractivity contribution is 5.28. The number of aromatic amines is 1. The molecule has 0 unspecified atom stereocenters. The molecule has 1 aliphatic rings. The number of hydrogen-bond acceptors (Lipinski definition) is 5. The third-order valence-corrected chi connectivity index (χ3v) is 5.24. The van der Waals surface area contributed by atoms with Gasteiger partial charge in [-0.25, -0.2) is 4.79 Å². The number of benzene rings is 1. The van der Waals surface area contributed by atoms with Gasteiger partial charge in [-0.2, -0.15) is 0 Å². The number of aliphatic hydroxyl groups is 2. The Bertz CT molecular complexity index is 924. The van der Waals surface area contributed by atoms with Crippen molar-refractivity contribution in [2.45, 2.75) is 63.9 Å². The molecule has 0 bridgehead atoms. The summed E-state index contributed by atoms with van der Waals surface area (Å²) in [6, 6.07) is 8.33. The first-order valence-corrected chi connectivity index (χ1v) is 9.57. The van der Waals surface area contributed by atoms with Crippen molar-refractivity contribution in [1.82, 2.24) is 9.55 Å². The molecule has 0 amide bonds. The zero-order valence-electron chi connectivity index (χ0n) is 16.5. The van der Waals surface area contributed by atoms with Crippen LogP contribution in [0.1, 0.15) is 50.1 Å². The molecule has 0 spiro atoms. The van der Waals surface area contributed by atoms with Gasteiger partial charge in [-0.15, -0.1) is 0 Å². The lowest BCUT2D eigenvalue weighted by Gasteiger charge is -2.19. The van der Waals surface area contributed by atoms with E-state index in [1.165, 1.54) is 16.3 Å². The monoisotopic (exact) mass is 388 g/mol. The molecule has 2 aromatic rings. The molecule has 1 saturated heterocycles. The van der Waals surface area contributed by atoms with E-state index < -0.39 is 29.7 Å². The average molecular weight is 388 g/mol. The molecular weight excluding hydrogens is 360 g/mol. The second-order valence-corrected chi connectivity index (χ2v) is 8.38. The van der Waals surface area contributed by atoms with Crippen LogP contribution < -0.4 is 11.2 Å². The number of rotatable bonds is 5. The number of ether oxygens (including phenoxy) is 1. The van der Waals surface area contributed by atoms with Gasteiger partial charge >= 0.3 is 5.69 Å². The van der Waals surface area contributed by atoms with Crippen molar-refractivity contribution in [3.05, 3.63) is 68.0 Å². The molecule has 28 heavy (non-hydrogen) atoms. The number of aromatic nitrogens is 2. The van der Waals surface area contributed by atoms with Crippen LogP contribution in [0.5, 0.6) is 0 Å². The molecule has 3 N–H and O–H groups in total. The van der Waals surface area contributed by atoms with E-state index in [-0.39, 0.29) is 18.4 Å². The van der Waals surface area contributed by atoms with E-state index in [9.17, 15) is 19.8 Å². The van der Waals surface area contributed by atoms with Gasteiger partial charge in [0.1, 0.15) is 12.3 Å². The Balaban J connectivity index is 1.76. The van der Waals surface area contributed by atoms with E-state index in [4.69, 9.17) is 4.74 Å². The Labute approximate surface area is 163 Å². The highest BCUT2D eigenvalue weighted by atomic mass is 16.5. The van der Waals surface area contributed by atoms with E-state index in [1.807, 2.05) is 0 Å². The van der Waals surface area contributed by atoms with E-state index in [2.05, 4.69) is 50.0 Å². The van der Waals surface area contributed by atoms with Crippen LogP contribution in [0.3, 0.4) is 0 Å². The number of nitrogens with zero attached hydrogens (tertiary/aromatic N) is 1. The van der Waals surface area contributed by atoms with Gasteiger partial charge in [-0.3, -0.25) is 14.3 Å². The van der Waals surface area contributed by atoms with Crippen LogP contribution in [0.25, 0.3) is 0 Å². The lowest BCUT2D eigenvalue weighted by atomic mass is 9.86. The summed E-state index contributed by atoms with van der Waals surface area (Å²) < 4.78 is 6.82. The van der Waals surface area contributed by atoms with Crippen molar-refractivity contribution in [2.75, 3.05) is 6.61 Å². The molecule has 7 heteroatoms. The zero-order valence-corrected chi connectivity index (χ0v) is 16.5. The first kappa shape index (κ1) is 20.5. The van der Waals surface area contributed by atoms with Crippen LogP contribution >= 0.6 is 0 Å². The first-order valence-electron chi connectivity index (χ1n) is 9.57. The second kappa shape index (κ2) is 8.03. The van der Waals surface area contributed by atoms with Gasteiger partial charge in [0.25, 0.3) is 5.56 Å². The maximum atomic E-state index is 12.2. The molecule has 0 saturated carbocycles. The van der Waals surface area contributed by atoms with Crippen molar-refractivity contribution >= 4 is 0 Å². The van der Waals surface area contributed by atoms with Crippen LogP contribution in [-0.2, 0) is 23.0 Å². The standard InChI is InChI=1S/C21H28N2O5/c1-21(2,3)15-8-5-13(6-9-15)4-7-14-11-23(20(27)22-19(14)26)18-10-16(25)17(12-24)28-18/h5-6,8-9,11,16-18,24-25H,4,7,10,12H2,1-3H3,(H,22,26,27)/t16-,17+,18+/m0/s1. The average Bonchev–Trinajstić information content (AvgIpc) is 3.01. The van der Waals surface area contributed by atoms with Crippen molar-refractivity contribution in [3.63, 3.8) is 0 Å². The molecular formula is C21H28N2O5. The largest absolute Gasteiger partial charge is 0.394 e. The molecule has 1 fully saturated rings. The third kappa shape index (κ3) is 4.43. The summed E-state index contributed by atoms with van der Waals surface area (Å²) in [5.41, 5.74) is 1.92. The van der Waals surface area contributed by atoms with Gasteiger partial charge in [0.2, 0.25) is 0 Å². The first-order chi connectivity index (χ1) is 13.2.